The molecule has 0 fully saturated rings. The summed E-state index contributed by atoms with van der Waals surface area (Å²) in [6.45, 7) is 19.0. The number of hydrogen-bond donors (Lipinski definition) is 0. The molecule has 0 radical (unpaired) electrons. The summed E-state index contributed by atoms with van der Waals surface area (Å²) < 4.78 is 153. The van der Waals surface area contributed by atoms with Gasteiger partial charge >= 0.3 is 31.5 Å². The zero-order valence-electron chi connectivity index (χ0n) is 41.3. The third kappa shape index (κ3) is 12.0. The molecule has 374 valence electrons. The number of hydrogen-bond acceptors (Lipinski definition) is 3. The summed E-state index contributed by atoms with van der Waals surface area (Å²) >= 11 is 0. The topological polar surface area (TPSA) is 48.1 Å². The van der Waals surface area contributed by atoms with Crippen molar-refractivity contribution in [1.82, 2.24) is 4.48 Å². The standard InChI is InChI=1S/C54H58BF10N3O2/c1-47(2,3)37-21-13-33(14-22-37)41-29-43(35-17-25-39(26-18-35)49(7,8)9)66-45(41)67-46-42(34-15-23-38(24-16-34)48(4,5)6)30-44(36-19-27-40(28-20-36)50(10,11)12)68(46)55(69-31-51(56,57)53(60,61)62)70-32-52(58,59)54(63,64)65/h13-30H,31-32H2,1-12H3/b67-45-. The number of aliphatic imine (C=N–C) groups is 2. The van der Waals surface area contributed by atoms with Crippen molar-refractivity contribution in [1.29, 1.82) is 0 Å². The smallest absolute Gasteiger partial charge is 0.385 e. The summed E-state index contributed by atoms with van der Waals surface area (Å²) in [5.74, 6) is -11.6. The van der Waals surface area contributed by atoms with Crippen LogP contribution in [0.4, 0.5) is 49.7 Å². The first-order valence-electron chi connectivity index (χ1n) is 22.7. The quantitative estimate of drug-likeness (QED) is 0.0924. The molecule has 0 aliphatic carbocycles. The van der Waals surface area contributed by atoms with Crippen LogP contribution in [0.25, 0.3) is 28.0 Å². The lowest BCUT2D eigenvalue weighted by Gasteiger charge is -2.26. The summed E-state index contributed by atoms with van der Waals surface area (Å²) in [7, 11) is -2.80. The van der Waals surface area contributed by atoms with E-state index < -0.39 is 50.1 Å². The molecule has 70 heavy (non-hydrogen) atoms. The summed E-state index contributed by atoms with van der Waals surface area (Å²) in [6, 6.07) is 30.4. The number of allylic oxidation sites excluding steroid dienone is 1. The lowest BCUT2D eigenvalue weighted by Crippen LogP contribution is -2.47. The zero-order valence-corrected chi connectivity index (χ0v) is 41.3. The Labute approximate surface area is 403 Å². The fourth-order valence-electron chi connectivity index (χ4n) is 7.53. The molecule has 0 N–H and O–H groups in total. The van der Waals surface area contributed by atoms with Crippen LogP contribution in [0.3, 0.4) is 0 Å². The van der Waals surface area contributed by atoms with Gasteiger partial charge in [0.2, 0.25) is 0 Å². The number of benzene rings is 4. The van der Waals surface area contributed by atoms with Gasteiger partial charge in [0.1, 0.15) is 19.0 Å². The minimum Gasteiger partial charge on any atom is -0.385 e. The van der Waals surface area contributed by atoms with E-state index in [0.29, 0.717) is 28.0 Å². The highest BCUT2D eigenvalue weighted by molar-refractivity contribution is 6.45. The minimum atomic E-state index is -6.21. The van der Waals surface area contributed by atoms with Crippen molar-refractivity contribution in [2.75, 3.05) is 13.2 Å². The average molecular weight is 982 g/mol. The Morgan fingerprint density at radius 1 is 0.471 bits per heavy atom. The van der Waals surface area contributed by atoms with Crippen LogP contribution in [0.15, 0.2) is 119 Å². The molecule has 0 saturated carbocycles. The first kappa shape index (κ1) is 53.9. The molecule has 5 nitrogen and oxygen atoms in total. The predicted octanol–water partition coefficient (Wildman–Crippen LogP) is 15.9. The van der Waals surface area contributed by atoms with Gasteiger partial charge in [0, 0.05) is 22.4 Å². The van der Waals surface area contributed by atoms with Gasteiger partial charge in [-0.2, -0.15) is 43.9 Å². The lowest BCUT2D eigenvalue weighted by molar-refractivity contribution is -0.295. The maximum absolute atomic E-state index is 14.8. The molecule has 1 aliphatic rings. The number of halogens is 10. The highest BCUT2D eigenvalue weighted by Gasteiger charge is 2.60. The van der Waals surface area contributed by atoms with Crippen LogP contribution >= 0.6 is 0 Å². The van der Waals surface area contributed by atoms with Crippen molar-refractivity contribution in [3.8, 4) is 22.4 Å². The van der Waals surface area contributed by atoms with Crippen molar-refractivity contribution in [3.05, 3.63) is 143 Å². The molecule has 1 aliphatic heterocycles. The van der Waals surface area contributed by atoms with Gasteiger partial charge in [0.25, 0.3) is 0 Å². The molecule has 4 aromatic carbocycles. The number of amidine groups is 1. The van der Waals surface area contributed by atoms with Gasteiger partial charge in [-0.05, 0) is 72.7 Å². The van der Waals surface area contributed by atoms with Gasteiger partial charge in [-0.15, -0.1) is 0 Å². The molecule has 0 amide bonds. The third-order valence-corrected chi connectivity index (χ3v) is 12.0. The fourth-order valence-corrected chi connectivity index (χ4v) is 7.53. The van der Waals surface area contributed by atoms with E-state index in [1.165, 1.54) is 6.07 Å². The van der Waals surface area contributed by atoms with Gasteiger partial charge in [-0.25, -0.2) is 9.98 Å². The second-order valence-electron chi connectivity index (χ2n) is 21.8. The van der Waals surface area contributed by atoms with Crippen LogP contribution < -0.4 is 0 Å². The van der Waals surface area contributed by atoms with E-state index in [2.05, 4.69) is 20.8 Å². The first-order chi connectivity index (χ1) is 32.0. The van der Waals surface area contributed by atoms with E-state index in [0.717, 1.165) is 26.7 Å². The largest absolute Gasteiger partial charge is 0.599 e. The van der Waals surface area contributed by atoms with E-state index in [-0.39, 0.29) is 44.7 Å². The van der Waals surface area contributed by atoms with Crippen LogP contribution in [0.1, 0.15) is 116 Å². The zero-order chi connectivity index (χ0) is 52.2. The third-order valence-electron chi connectivity index (χ3n) is 12.0. The van der Waals surface area contributed by atoms with Crippen molar-refractivity contribution in [3.63, 3.8) is 0 Å². The van der Waals surface area contributed by atoms with Crippen LogP contribution in [-0.4, -0.2) is 60.7 Å². The van der Waals surface area contributed by atoms with Gasteiger partial charge < -0.3 is 13.8 Å². The normalized spacial score (nSPS) is 15.1. The van der Waals surface area contributed by atoms with Gasteiger partial charge in [0.15, 0.2) is 5.84 Å². The molecule has 6 rings (SSSR count). The molecule has 16 heteroatoms. The maximum Gasteiger partial charge on any atom is 0.599 e. The molecular formula is C54H58BF10N3O2. The first-order valence-corrected chi connectivity index (χ1v) is 22.7. The predicted molar refractivity (Wildman–Crippen MR) is 260 cm³/mol. The molecule has 2 heterocycles. The number of alkyl halides is 10. The minimum absolute atomic E-state index is 0.0139. The van der Waals surface area contributed by atoms with Gasteiger partial charge in [0.05, 0.1) is 5.71 Å². The number of rotatable bonds is 12. The van der Waals surface area contributed by atoms with Crippen LogP contribution in [-0.2, 0) is 31.0 Å². The molecule has 5 aromatic rings. The van der Waals surface area contributed by atoms with Crippen molar-refractivity contribution < 1.29 is 53.2 Å². The molecule has 0 bridgehead atoms. The summed E-state index contributed by atoms with van der Waals surface area (Å²) in [5, 5.41) is 0. The Hall–Kier alpha value is -5.48. The molecule has 0 unspecified atom stereocenters. The van der Waals surface area contributed by atoms with Crippen molar-refractivity contribution >= 4 is 30.2 Å². The Balaban J connectivity index is 1.72. The Kier molecular flexibility index (Phi) is 14.6. The van der Waals surface area contributed by atoms with Crippen LogP contribution in [0.2, 0.25) is 0 Å². The molecular weight excluding hydrogens is 923 g/mol. The monoisotopic (exact) mass is 981 g/mol. The number of aromatic nitrogens is 1. The SMILES string of the molecule is CC(C)(C)c1ccc(C2=CC(c3ccc(C(C)(C)C)cc3)=N/C2=N\c2c(-c3ccc(C(C)(C)C)cc3)cc(-c3ccc(C(C)(C)C)cc3)n2B(OCC(F)(F)C(F)(F)F)OCC(F)(F)C(F)(F)F)cc1. The van der Waals surface area contributed by atoms with Gasteiger partial charge in [-0.1, -0.05) is 180 Å². The Morgan fingerprint density at radius 3 is 1.17 bits per heavy atom. The lowest BCUT2D eigenvalue weighted by atomic mass is 9.86. The molecule has 1 aromatic heterocycles. The van der Waals surface area contributed by atoms with E-state index in [9.17, 15) is 43.9 Å². The molecule has 0 saturated heterocycles. The van der Waals surface area contributed by atoms with E-state index >= 15 is 0 Å². The highest BCUT2D eigenvalue weighted by atomic mass is 19.4. The van der Waals surface area contributed by atoms with Crippen LogP contribution in [0, 0.1) is 0 Å². The Bertz CT molecular complexity index is 2710. The average Bonchev–Trinajstić information content (AvgIpc) is 3.84. The van der Waals surface area contributed by atoms with Crippen molar-refractivity contribution in [2.45, 2.75) is 129 Å². The summed E-state index contributed by atoms with van der Waals surface area (Å²) in [4.78, 5) is 9.98. The van der Waals surface area contributed by atoms with E-state index in [1.54, 1.807) is 42.5 Å². The van der Waals surface area contributed by atoms with Crippen LogP contribution in [0.5, 0.6) is 0 Å². The maximum atomic E-state index is 14.8. The molecule has 0 atom stereocenters. The van der Waals surface area contributed by atoms with E-state index in [1.807, 2.05) is 123 Å². The van der Waals surface area contributed by atoms with Gasteiger partial charge in [-0.3, -0.25) is 0 Å². The van der Waals surface area contributed by atoms with E-state index in [4.69, 9.17) is 19.3 Å². The summed E-state index contributed by atoms with van der Waals surface area (Å²) in [6.07, 6.45) is -10.6. The summed E-state index contributed by atoms with van der Waals surface area (Å²) in [5.41, 5.74) is 5.43. The fraction of sp³-hybridized carbons (Fsp3) is 0.407. The highest BCUT2D eigenvalue weighted by Crippen LogP contribution is 2.44. The second-order valence-corrected chi connectivity index (χ2v) is 21.8. The number of nitrogens with zero attached hydrogens (tertiary/aromatic N) is 3. The Morgan fingerprint density at radius 2 is 0.814 bits per heavy atom. The molecule has 0 spiro atoms. The van der Waals surface area contributed by atoms with Crippen molar-refractivity contribution in [2.24, 2.45) is 9.98 Å². The second kappa shape index (κ2) is 18.9.